The number of carbonyl (C=O) groups is 2. The first-order chi connectivity index (χ1) is 7.69. The maximum Gasteiger partial charge on any atom is 0.367 e. The molecule has 1 aromatic heterocycles. The van der Waals surface area contributed by atoms with Gasteiger partial charge in [-0.1, -0.05) is 5.11 Å². The summed E-state index contributed by atoms with van der Waals surface area (Å²) in [6, 6.07) is 0. The lowest BCUT2D eigenvalue weighted by Gasteiger charge is -1.95. The van der Waals surface area contributed by atoms with Crippen molar-refractivity contribution in [2.24, 2.45) is 5.11 Å². The van der Waals surface area contributed by atoms with Gasteiger partial charge in [0.25, 0.3) is 0 Å². The molecule has 0 N–H and O–H groups in total. The number of nitrogens with zero attached hydrogens (tertiary/aromatic N) is 4. The average molecular weight is 240 g/mol. The van der Waals surface area contributed by atoms with Crippen LogP contribution in [0.1, 0.15) is 27.2 Å². The molecule has 0 aromatic carbocycles. The molecule has 0 aliphatic carbocycles. The highest BCUT2D eigenvalue weighted by Crippen LogP contribution is 2.11. The Morgan fingerprint density at radius 3 is 3.06 bits per heavy atom. The van der Waals surface area contributed by atoms with Crippen LogP contribution in [0.4, 0.5) is 0 Å². The van der Waals surface area contributed by atoms with Crippen molar-refractivity contribution in [3.63, 3.8) is 0 Å². The molecule has 0 fully saturated rings. The fourth-order valence-electron chi connectivity index (χ4n) is 0.865. The highest BCUT2D eigenvalue weighted by atomic mass is 32.1. The van der Waals surface area contributed by atoms with Crippen molar-refractivity contribution in [1.29, 1.82) is 0 Å². The van der Waals surface area contributed by atoms with Gasteiger partial charge in [-0.2, -0.15) is 0 Å². The summed E-state index contributed by atoms with van der Waals surface area (Å²) in [4.78, 5) is 28.8. The van der Waals surface area contributed by atoms with E-state index in [0.717, 1.165) is 11.3 Å². The molecule has 0 amide bonds. The number of azide groups is 1. The van der Waals surface area contributed by atoms with Gasteiger partial charge in [-0.15, -0.1) is 11.3 Å². The largest absolute Gasteiger partial charge is 0.461 e. The summed E-state index contributed by atoms with van der Waals surface area (Å²) >= 11 is 1.02. The van der Waals surface area contributed by atoms with Crippen LogP contribution in [-0.4, -0.2) is 29.9 Å². The van der Waals surface area contributed by atoms with E-state index in [1.54, 1.807) is 6.92 Å². The molecule has 84 valence electrons. The number of hydrogen-bond donors (Lipinski definition) is 0. The van der Waals surface area contributed by atoms with Crippen LogP contribution in [0.5, 0.6) is 0 Å². The average Bonchev–Trinajstić information content (AvgIpc) is 2.75. The van der Waals surface area contributed by atoms with Gasteiger partial charge in [-0.25, -0.2) is 9.78 Å². The van der Waals surface area contributed by atoms with Crippen LogP contribution in [0.25, 0.3) is 10.4 Å². The highest BCUT2D eigenvalue weighted by molar-refractivity contribution is 7.11. The number of carbonyl (C=O) groups excluding carboxylic acids is 2. The summed E-state index contributed by atoms with van der Waals surface area (Å²) in [6.45, 7) is 1.63. The number of ether oxygens (including phenoxy) is 1. The van der Waals surface area contributed by atoms with Crippen molar-refractivity contribution >= 4 is 23.1 Å². The molecule has 0 saturated heterocycles. The number of esters is 1. The van der Waals surface area contributed by atoms with E-state index >= 15 is 0 Å². The Bertz CT molecular complexity index is 450. The summed E-state index contributed by atoms with van der Waals surface area (Å²) in [5.74, 6) is -0.986. The van der Waals surface area contributed by atoms with E-state index < -0.39 is 11.8 Å². The molecule has 0 unspecified atom stereocenters. The fourth-order valence-corrected chi connectivity index (χ4v) is 1.58. The second-order valence-corrected chi connectivity index (χ2v) is 3.43. The monoisotopic (exact) mass is 240 g/mol. The Hall–Kier alpha value is -1.92. The third-order valence-corrected chi connectivity index (χ3v) is 2.34. The van der Waals surface area contributed by atoms with Gasteiger partial charge in [-0.3, -0.25) is 4.79 Å². The zero-order chi connectivity index (χ0) is 12.0. The van der Waals surface area contributed by atoms with Crippen molar-refractivity contribution in [3.8, 4) is 0 Å². The van der Waals surface area contributed by atoms with Crippen LogP contribution in [-0.2, 0) is 4.74 Å². The number of Topliss-reactive ketones (excluding diaryl/α,β-unsaturated/α-hetero) is 1. The molecular weight excluding hydrogens is 232 g/mol. The van der Waals surface area contributed by atoms with Gasteiger partial charge in [0.15, 0.2) is 5.78 Å². The van der Waals surface area contributed by atoms with Crippen LogP contribution in [0.2, 0.25) is 0 Å². The lowest BCUT2D eigenvalue weighted by Crippen LogP contribution is -2.07. The van der Waals surface area contributed by atoms with Crippen LogP contribution >= 0.6 is 11.3 Å². The molecule has 8 heteroatoms. The third-order valence-electron chi connectivity index (χ3n) is 1.52. The van der Waals surface area contributed by atoms with Gasteiger partial charge in [0.1, 0.15) is 5.69 Å². The van der Waals surface area contributed by atoms with E-state index in [1.165, 1.54) is 5.38 Å². The topological polar surface area (TPSA) is 105 Å². The van der Waals surface area contributed by atoms with Crippen molar-refractivity contribution in [3.05, 3.63) is 26.5 Å². The third kappa shape index (κ3) is 3.04. The zero-order valence-electron chi connectivity index (χ0n) is 8.41. The minimum atomic E-state index is -0.560. The second kappa shape index (κ2) is 5.84. The Balaban J connectivity index is 2.74. The number of aromatic nitrogens is 1. The Labute approximate surface area is 94.7 Å². The molecule has 1 rings (SSSR count). The van der Waals surface area contributed by atoms with Crippen LogP contribution in [0.3, 0.4) is 0 Å². The molecule has 0 spiro atoms. The Kier molecular flexibility index (Phi) is 4.43. The normalized spacial score (nSPS) is 9.31. The molecule has 0 radical (unpaired) electrons. The smallest absolute Gasteiger partial charge is 0.367 e. The summed E-state index contributed by atoms with van der Waals surface area (Å²) in [5.41, 5.74) is 8.15. The predicted molar refractivity (Wildman–Crippen MR) is 56.4 cm³/mol. The van der Waals surface area contributed by atoms with Crippen LogP contribution in [0, 0.1) is 0 Å². The lowest BCUT2D eigenvalue weighted by atomic mass is 10.3. The number of thiazole rings is 1. The first-order valence-corrected chi connectivity index (χ1v) is 5.23. The van der Waals surface area contributed by atoms with Gasteiger partial charge in [0, 0.05) is 10.3 Å². The van der Waals surface area contributed by atoms with Crippen molar-refractivity contribution in [2.45, 2.75) is 6.92 Å². The van der Waals surface area contributed by atoms with Gasteiger partial charge >= 0.3 is 5.97 Å². The van der Waals surface area contributed by atoms with Gasteiger partial charge in [0.05, 0.1) is 13.2 Å². The summed E-state index contributed by atoms with van der Waals surface area (Å²) in [5, 5.41) is 4.67. The van der Waals surface area contributed by atoms with Gasteiger partial charge in [0.2, 0.25) is 5.01 Å². The van der Waals surface area contributed by atoms with E-state index in [4.69, 9.17) is 10.3 Å². The van der Waals surface area contributed by atoms with Crippen molar-refractivity contribution < 1.29 is 14.3 Å². The molecule has 0 bridgehead atoms. The molecule has 16 heavy (non-hydrogen) atoms. The lowest BCUT2D eigenvalue weighted by molar-refractivity contribution is 0.0526. The first-order valence-electron chi connectivity index (χ1n) is 4.35. The zero-order valence-corrected chi connectivity index (χ0v) is 9.23. The van der Waals surface area contributed by atoms with Crippen molar-refractivity contribution in [1.82, 2.24) is 4.98 Å². The molecule has 1 aromatic rings. The molecule has 7 nitrogen and oxygen atoms in total. The minimum absolute atomic E-state index is 0.112. The molecular formula is C8H8N4O3S. The highest BCUT2D eigenvalue weighted by Gasteiger charge is 2.15. The molecule has 0 atom stereocenters. The number of hydrogen-bond acceptors (Lipinski definition) is 6. The second-order valence-electron chi connectivity index (χ2n) is 2.57. The Morgan fingerprint density at radius 2 is 2.44 bits per heavy atom. The van der Waals surface area contributed by atoms with Crippen molar-refractivity contribution in [2.75, 3.05) is 13.2 Å². The molecule has 1 heterocycles. The summed E-state index contributed by atoms with van der Waals surface area (Å²) in [6.07, 6.45) is 0. The van der Waals surface area contributed by atoms with Gasteiger partial charge < -0.3 is 4.74 Å². The number of rotatable bonds is 5. The summed E-state index contributed by atoms with van der Waals surface area (Å²) < 4.78 is 4.72. The molecule has 0 saturated carbocycles. The predicted octanol–water partition coefficient (Wildman–Crippen LogP) is 1.81. The summed E-state index contributed by atoms with van der Waals surface area (Å²) in [7, 11) is 0. The van der Waals surface area contributed by atoms with Crippen LogP contribution in [0.15, 0.2) is 10.5 Å². The molecule has 0 aliphatic heterocycles. The van der Waals surface area contributed by atoms with E-state index in [9.17, 15) is 9.59 Å². The van der Waals surface area contributed by atoms with Gasteiger partial charge in [-0.05, 0) is 12.5 Å². The van der Waals surface area contributed by atoms with E-state index in [-0.39, 0.29) is 23.9 Å². The van der Waals surface area contributed by atoms with E-state index in [2.05, 4.69) is 15.0 Å². The maximum absolute atomic E-state index is 11.3. The van der Waals surface area contributed by atoms with E-state index in [1.807, 2.05) is 0 Å². The quantitative estimate of drug-likeness (QED) is 0.257. The fraction of sp³-hybridized carbons (Fsp3) is 0.375. The Morgan fingerprint density at radius 1 is 1.69 bits per heavy atom. The first kappa shape index (κ1) is 12.2. The minimum Gasteiger partial charge on any atom is -0.461 e. The maximum atomic E-state index is 11.3. The van der Waals surface area contributed by atoms with Crippen LogP contribution < -0.4 is 0 Å². The molecule has 0 aliphatic rings. The SMILES string of the molecule is CCOC(=O)c1nc(C(=O)CN=[N+]=[N-])cs1. The standard InChI is InChI=1S/C8H8N4O3S/c1-2-15-8(14)7-11-5(4-16-7)6(13)3-10-12-9/h4H,2-3H2,1H3. The van der Waals surface area contributed by atoms with E-state index in [0.29, 0.717) is 0 Å². The number of ketones is 1.